The molecule has 0 spiro atoms. The maximum absolute atomic E-state index is 13.1. The number of rotatable bonds is 3. The molecule has 4 nitrogen and oxygen atoms in total. The molecule has 2 aromatic heterocycles. The van der Waals surface area contributed by atoms with Crippen LogP contribution in [0.5, 0.6) is 0 Å². The van der Waals surface area contributed by atoms with E-state index in [0.717, 1.165) is 52.3 Å². The van der Waals surface area contributed by atoms with Crippen LogP contribution in [0.4, 0.5) is 4.39 Å². The number of hydrogen-bond acceptors (Lipinski definition) is 3. The Labute approximate surface area is 156 Å². The Kier molecular flexibility index (Phi) is 4.76. The summed E-state index contributed by atoms with van der Waals surface area (Å²) in [6.07, 6.45) is 4.60. The standard InChI is InChI=1S/C20H22FN3OS/c1-14-17-12-18(19(25)23-10-4-2-3-5-11-23)26-20(17)24(22-14)13-15-6-8-16(21)9-7-15/h6-9,12H,2-5,10-11,13H2,1H3. The number of carbonyl (C=O) groups excluding carboxylic acids is 1. The number of fused-ring (bicyclic) bond motifs is 1. The topological polar surface area (TPSA) is 38.1 Å². The van der Waals surface area contributed by atoms with Crippen LogP contribution in [-0.2, 0) is 6.54 Å². The normalized spacial score (nSPS) is 15.4. The first-order valence-electron chi connectivity index (χ1n) is 9.12. The molecule has 26 heavy (non-hydrogen) atoms. The van der Waals surface area contributed by atoms with Crippen LogP contribution >= 0.6 is 11.3 Å². The van der Waals surface area contributed by atoms with Gasteiger partial charge >= 0.3 is 0 Å². The molecule has 0 saturated carbocycles. The zero-order valence-corrected chi connectivity index (χ0v) is 15.7. The number of thiophene rings is 1. The molecule has 3 aromatic rings. The fourth-order valence-electron chi connectivity index (χ4n) is 3.52. The minimum absolute atomic E-state index is 0.140. The van der Waals surface area contributed by atoms with Gasteiger partial charge in [-0.05, 0) is 43.5 Å². The van der Waals surface area contributed by atoms with Crippen LogP contribution < -0.4 is 0 Å². The first-order chi connectivity index (χ1) is 12.6. The lowest BCUT2D eigenvalue weighted by atomic mass is 10.2. The predicted octanol–water partition coefficient (Wildman–Crippen LogP) is 4.61. The van der Waals surface area contributed by atoms with Gasteiger partial charge in [-0.15, -0.1) is 11.3 Å². The zero-order chi connectivity index (χ0) is 18.1. The average molecular weight is 371 g/mol. The van der Waals surface area contributed by atoms with Crippen LogP contribution in [0.1, 0.15) is 46.6 Å². The Morgan fingerprint density at radius 3 is 2.54 bits per heavy atom. The highest BCUT2D eigenvalue weighted by Crippen LogP contribution is 2.30. The van der Waals surface area contributed by atoms with E-state index in [9.17, 15) is 9.18 Å². The zero-order valence-electron chi connectivity index (χ0n) is 14.9. The van der Waals surface area contributed by atoms with Crippen molar-refractivity contribution >= 4 is 27.5 Å². The lowest BCUT2D eigenvalue weighted by molar-refractivity contribution is 0.0766. The van der Waals surface area contributed by atoms with Crippen molar-refractivity contribution < 1.29 is 9.18 Å². The number of amides is 1. The molecular weight excluding hydrogens is 349 g/mol. The molecule has 4 rings (SSSR count). The fourth-order valence-corrected chi connectivity index (χ4v) is 4.65. The number of halogens is 1. The Balaban J connectivity index is 1.62. The molecule has 1 aromatic carbocycles. The van der Waals surface area contributed by atoms with Gasteiger partial charge in [0.1, 0.15) is 10.6 Å². The van der Waals surface area contributed by atoms with Gasteiger partial charge in [-0.3, -0.25) is 9.48 Å². The second kappa shape index (κ2) is 7.19. The van der Waals surface area contributed by atoms with E-state index in [4.69, 9.17) is 0 Å². The summed E-state index contributed by atoms with van der Waals surface area (Å²) >= 11 is 1.51. The van der Waals surface area contributed by atoms with E-state index in [2.05, 4.69) is 5.10 Å². The molecule has 0 bridgehead atoms. The molecule has 1 saturated heterocycles. The van der Waals surface area contributed by atoms with E-state index in [0.29, 0.717) is 6.54 Å². The molecule has 0 unspecified atom stereocenters. The largest absolute Gasteiger partial charge is 0.338 e. The number of aromatic nitrogens is 2. The van der Waals surface area contributed by atoms with Gasteiger partial charge < -0.3 is 4.90 Å². The number of aryl methyl sites for hydroxylation is 1. The first kappa shape index (κ1) is 17.2. The summed E-state index contributed by atoms with van der Waals surface area (Å²) in [7, 11) is 0. The number of likely N-dealkylation sites (tertiary alicyclic amines) is 1. The van der Waals surface area contributed by atoms with E-state index in [-0.39, 0.29) is 11.7 Å². The van der Waals surface area contributed by atoms with Crippen molar-refractivity contribution in [3.05, 3.63) is 52.3 Å². The SMILES string of the molecule is Cc1nn(Cc2ccc(F)cc2)c2sc(C(=O)N3CCCCCC3)cc12. The molecular formula is C20H22FN3OS. The van der Waals surface area contributed by atoms with E-state index >= 15 is 0 Å². The van der Waals surface area contributed by atoms with E-state index in [1.807, 2.05) is 22.6 Å². The molecule has 1 amide bonds. The highest BCUT2D eigenvalue weighted by molar-refractivity contribution is 7.20. The quantitative estimate of drug-likeness (QED) is 0.674. The van der Waals surface area contributed by atoms with Gasteiger partial charge in [0.2, 0.25) is 0 Å². The number of carbonyl (C=O) groups is 1. The van der Waals surface area contributed by atoms with Crippen molar-refractivity contribution in [1.82, 2.24) is 14.7 Å². The minimum Gasteiger partial charge on any atom is -0.338 e. The van der Waals surface area contributed by atoms with E-state index in [1.54, 1.807) is 12.1 Å². The van der Waals surface area contributed by atoms with Crippen molar-refractivity contribution in [2.45, 2.75) is 39.2 Å². The molecule has 1 aliphatic heterocycles. The fraction of sp³-hybridized carbons (Fsp3) is 0.400. The molecule has 1 fully saturated rings. The second-order valence-corrected chi connectivity index (χ2v) is 7.94. The van der Waals surface area contributed by atoms with E-state index in [1.165, 1.54) is 36.3 Å². The molecule has 1 aliphatic rings. The van der Waals surface area contributed by atoms with Crippen molar-refractivity contribution in [2.24, 2.45) is 0 Å². The predicted molar refractivity (Wildman–Crippen MR) is 102 cm³/mol. The maximum Gasteiger partial charge on any atom is 0.264 e. The van der Waals surface area contributed by atoms with Gasteiger partial charge in [-0.2, -0.15) is 5.10 Å². The third-order valence-electron chi connectivity index (χ3n) is 4.96. The highest BCUT2D eigenvalue weighted by Gasteiger charge is 2.21. The van der Waals surface area contributed by atoms with Crippen LogP contribution in [0.3, 0.4) is 0 Å². The van der Waals surface area contributed by atoms with Crippen LogP contribution in [0.15, 0.2) is 30.3 Å². The Bertz CT molecular complexity index is 921. The molecule has 0 radical (unpaired) electrons. The van der Waals surface area contributed by atoms with Crippen LogP contribution in [0, 0.1) is 12.7 Å². The summed E-state index contributed by atoms with van der Waals surface area (Å²) in [6.45, 7) is 4.25. The van der Waals surface area contributed by atoms with Crippen molar-refractivity contribution in [3.8, 4) is 0 Å². The van der Waals surface area contributed by atoms with E-state index < -0.39 is 0 Å². The first-order valence-corrected chi connectivity index (χ1v) is 9.94. The number of nitrogens with zero attached hydrogens (tertiary/aromatic N) is 3. The molecule has 0 N–H and O–H groups in total. The summed E-state index contributed by atoms with van der Waals surface area (Å²) in [5.41, 5.74) is 1.91. The van der Waals surface area contributed by atoms with Gasteiger partial charge in [0, 0.05) is 18.5 Å². The molecule has 3 heterocycles. The van der Waals surface area contributed by atoms with Gasteiger partial charge in [0.05, 0.1) is 17.1 Å². The summed E-state index contributed by atoms with van der Waals surface area (Å²) in [6, 6.07) is 8.46. The highest BCUT2D eigenvalue weighted by atomic mass is 32.1. The smallest absolute Gasteiger partial charge is 0.264 e. The Morgan fingerprint density at radius 1 is 1.15 bits per heavy atom. The second-order valence-electron chi connectivity index (χ2n) is 6.91. The molecule has 0 aliphatic carbocycles. The lowest BCUT2D eigenvalue weighted by Gasteiger charge is -2.19. The third kappa shape index (κ3) is 3.38. The molecule has 0 atom stereocenters. The summed E-state index contributed by atoms with van der Waals surface area (Å²) in [4.78, 5) is 16.7. The van der Waals surface area contributed by atoms with Gasteiger partial charge in [-0.1, -0.05) is 25.0 Å². The molecule has 136 valence electrons. The van der Waals surface area contributed by atoms with Gasteiger partial charge in [0.15, 0.2) is 0 Å². The average Bonchev–Trinajstić information content (AvgIpc) is 3.06. The van der Waals surface area contributed by atoms with Crippen LogP contribution in [-0.4, -0.2) is 33.7 Å². The number of benzene rings is 1. The van der Waals surface area contributed by atoms with Crippen molar-refractivity contribution in [3.63, 3.8) is 0 Å². The Morgan fingerprint density at radius 2 is 1.85 bits per heavy atom. The van der Waals surface area contributed by atoms with Crippen molar-refractivity contribution in [2.75, 3.05) is 13.1 Å². The Hall–Kier alpha value is -2.21. The third-order valence-corrected chi connectivity index (χ3v) is 6.09. The van der Waals surface area contributed by atoms with Crippen molar-refractivity contribution in [1.29, 1.82) is 0 Å². The lowest BCUT2D eigenvalue weighted by Crippen LogP contribution is -2.31. The monoisotopic (exact) mass is 371 g/mol. The van der Waals surface area contributed by atoms with Gasteiger partial charge in [-0.25, -0.2) is 4.39 Å². The number of hydrogen-bond donors (Lipinski definition) is 0. The summed E-state index contributed by atoms with van der Waals surface area (Å²) in [5.74, 6) is -0.0992. The minimum atomic E-state index is -0.239. The summed E-state index contributed by atoms with van der Waals surface area (Å²) < 4.78 is 15.0. The molecule has 6 heteroatoms. The van der Waals surface area contributed by atoms with Crippen LogP contribution in [0.2, 0.25) is 0 Å². The maximum atomic E-state index is 13.1. The van der Waals surface area contributed by atoms with Gasteiger partial charge in [0.25, 0.3) is 5.91 Å². The summed E-state index contributed by atoms with van der Waals surface area (Å²) in [5, 5.41) is 5.64. The van der Waals surface area contributed by atoms with Crippen LogP contribution in [0.25, 0.3) is 10.2 Å².